The van der Waals surface area contributed by atoms with Crippen LogP contribution in [0.3, 0.4) is 0 Å². The van der Waals surface area contributed by atoms with Crippen LogP contribution in [0.4, 0.5) is 0 Å². The Kier molecular flexibility index (Phi) is 7.20. The standard InChI is InChI=1S/C54H32N4/c1-3-8-38(9-4-1)51-45-32-42(26-31-48(45)57-54(58-51)41-10-5-2-6-11-41)33-14-16-34(17-15-33)46-29-24-39-20-21-40-25-30-47(56-53(40)52(39)55-46)43-27-22-37-19-18-35-12-7-13-36-23-28-44(43)50(37)49(35)36/h1-32H. The molecule has 0 saturated carbocycles. The van der Waals surface area contributed by atoms with Gasteiger partial charge >= 0.3 is 0 Å². The third-order valence-corrected chi connectivity index (χ3v) is 11.6. The van der Waals surface area contributed by atoms with E-state index in [1.54, 1.807) is 0 Å². The van der Waals surface area contributed by atoms with E-state index in [2.05, 4.69) is 170 Å². The van der Waals surface area contributed by atoms with Crippen LogP contribution in [0.5, 0.6) is 0 Å². The molecule has 0 amide bonds. The van der Waals surface area contributed by atoms with Crippen LogP contribution in [0.15, 0.2) is 194 Å². The van der Waals surface area contributed by atoms with Gasteiger partial charge in [0.2, 0.25) is 0 Å². The summed E-state index contributed by atoms with van der Waals surface area (Å²) in [5.74, 6) is 0.721. The zero-order valence-corrected chi connectivity index (χ0v) is 31.3. The first-order chi connectivity index (χ1) is 28.7. The van der Waals surface area contributed by atoms with E-state index in [1.165, 1.54) is 32.3 Å². The van der Waals surface area contributed by atoms with Gasteiger partial charge in [-0.3, -0.25) is 0 Å². The third kappa shape index (κ3) is 5.23. The second-order valence-corrected chi connectivity index (χ2v) is 15.0. The number of nitrogens with zero attached hydrogens (tertiary/aromatic N) is 4. The van der Waals surface area contributed by atoms with Crippen molar-refractivity contribution in [3.8, 4) is 56.3 Å². The van der Waals surface area contributed by atoms with Crippen LogP contribution in [-0.4, -0.2) is 19.9 Å². The molecular formula is C54H32N4. The maximum absolute atomic E-state index is 5.35. The Morgan fingerprint density at radius 3 is 1.60 bits per heavy atom. The zero-order valence-electron chi connectivity index (χ0n) is 31.3. The smallest absolute Gasteiger partial charge is 0.160 e. The molecule has 0 N–H and O–H groups in total. The van der Waals surface area contributed by atoms with Gasteiger partial charge in [-0.05, 0) is 67.7 Å². The Hall–Kier alpha value is -7.82. The number of hydrogen-bond acceptors (Lipinski definition) is 4. The molecule has 0 radical (unpaired) electrons. The van der Waals surface area contributed by atoms with Gasteiger partial charge in [-0.1, -0.05) is 170 Å². The Labute approximate surface area is 334 Å². The molecule has 0 bridgehead atoms. The molecule has 0 spiro atoms. The molecule has 4 heteroatoms. The summed E-state index contributed by atoms with van der Waals surface area (Å²) in [6, 6.07) is 68.5. The maximum atomic E-state index is 5.35. The van der Waals surface area contributed by atoms with Crippen molar-refractivity contribution in [2.75, 3.05) is 0 Å². The van der Waals surface area contributed by atoms with E-state index in [1.807, 2.05) is 24.3 Å². The zero-order chi connectivity index (χ0) is 38.2. The molecule has 4 nitrogen and oxygen atoms in total. The topological polar surface area (TPSA) is 51.6 Å². The van der Waals surface area contributed by atoms with E-state index in [0.29, 0.717) is 0 Å². The van der Waals surface area contributed by atoms with Gasteiger partial charge in [0.1, 0.15) is 0 Å². The summed E-state index contributed by atoms with van der Waals surface area (Å²) < 4.78 is 0. The summed E-state index contributed by atoms with van der Waals surface area (Å²) >= 11 is 0. The van der Waals surface area contributed by atoms with Crippen LogP contribution in [0.25, 0.3) is 121 Å². The van der Waals surface area contributed by atoms with Crippen molar-refractivity contribution in [3.05, 3.63) is 194 Å². The lowest BCUT2D eigenvalue weighted by Gasteiger charge is -2.14. The van der Waals surface area contributed by atoms with E-state index in [-0.39, 0.29) is 0 Å². The molecular weight excluding hydrogens is 705 g/mol. The molecule has 0 aliphatic heterocycles. The van der Waals surface area contributed by atoms with Gasteiger partial charge in [-0.15, -0.1) is 0 Å². The molecule has 12 aromatic rings. The first-order valence-corrected chi connectivity index (χ1v) is 19.6. The SMILES string of the molecule is c1ccc(-c2nc(-c3ccccc3)c3cc(-c4ccc(-c5ccc6ccc7ccc(-c8ccc9ccc%10cccc%11ccc8c9c%10%11)nc7c6n5)cc4)ccc3n2)cc1. The molecule has 3 aromatic heterocycles. The normalized spacial score (nSPS) is 11.8. The van der Waals surface area contributed by atoms with Crippen molar-refractivity contribution < 1.29 is 0 Å². The fourth-order valence-electron chi connectivity index (χ4n) is 8.71. The predicted molar refractivity (Wildman–Crippen MR) is 241 cm³/mol. The van der Waals surface area contributed by atoms with Crippen molar-refractivity contribution >= 4 is 65.0 Å². The second kappa shape index (κ2) is 12.9. The predicted octanol–water partition coefficient (Wildman–Crippen LogP) is 14.0. The molecule has 0 saturated heterocycles. The maximum Gasteiger partial charge on any atom is 0.160 e. The lowest BCUT2D eigenvalue weighted by atomic mass is 9.91. The van der Waals surface area contributed by atoms with Gasteiger partial charge in [0.15, 0.2) is 5.82 Å². The average Bonchev–Trinajstić information content (AvgIpc) is 3.30. The van der Waals surface area contributed by atoms with Gasteiger partial charge in [0, 0.05) is 38.4 Å². The first-order valence-electron chi connectivity index (χ1n) is 19.6. The van der Waals surface area contributed by atoms with Crippen molar-refractivity contribution in [1.82, 2.24) is 19.9 Å². The van der Waals surface area contributed by atoms with Gasteiger partial charge in [-0.2, -0.15) is 0 Å². The molecule has 0 fully saturated rings. The summed E-state index contributed by atoms with van der Waals surface area (Å²) in [6.07, 6.45) is 0. The summed E-state index contributed by atoms with van der Waals surface area (Å²) in [6.45, 7) is 0. The molecule has 9 aromatic carbocycles. The van der Waals surface area contributed by atoms with Crippen molar-refractivity contribution in [1.29, 1.82) is 0 Å². The molecule has 58 heavy (non-hydrogen) atoms. The average molecular weight is 737 g/mol. The van der Waals surface area contributed by atoms with E-state index in [0.717, 1.165) is 89.0 Å². The largest absolute Gasteiger partial charge is 0.245 e. The summed E-state index contributed by atoms with van der Waals surface area (Å²) in [7, 11) is 0. The number of fused-ring (bicyclic) bond motifs is 4. The highest BCUT2D eigenvalue weighted by molar-refractivity contribution is 6.25. The Morgan fingerprint density at radius 2 is 0.862 bits per heavy atom. The van der Waals surface area contributed by atoms with E-state index < -0.39 is 0 Å². The van der Waals surface area contributed by atoms with Crippen LogP contribution < -0.4 is 0 Å². The number of aromatic nitrogens is 4. The van der Waals surface area contributed by atoms with E-state index in [9.17, 15) is 0 Å². The van der Waals surface area contributed by atoms with Crippen molar-refractivity contribution in [2.24, 2.45) is 0 Å². The number of hydrogen-bond donors (Lipinski definition) is 0. The molecule has 0 atom stereocenters. The third-order valence-electron chi connectivity index (χ3n) is 11.6. The molecule has 12 rings (SSSR count). The quantitative estimate of drug-likeness (QED) is 0.165. The highest BCUT2D eigenvalue weighted by Gasteiger charge is 2.16. The molecule has 0 aliphatic rings. The summed E-state index contributed by atoms with van der Waals surface area (Å²) in [5.41, 5.74) is 12.0. The highest BCUT2D eigenvalue weighted by Crippen LogP contribution is 2.40. The fourth-order valence-corrected chi connectivity index (χ4v) is 8.71. The van der Waals surface area contributed by atoms with Gasteiger partial charge in [0.05, 0.1) is 33.6 Å². The van der Waals surface area contributed by atoms with Crippen LogP contribution >= 0.6 is 0 Å². The van der Waals surface area contributed by atoms with Gasteiger partial charge in [-0.25, -0.2) is 19.9 Å². The summed E-state index contributed by atoms with van der Waals surface area (Å²) in [5, 5.41) is 10.7. The van der Waals surface area contributed by atoms with Crippen molar-refractivity contribution in [3.63, 3.8) is 0 Å². The van der Waals surface area contributed by atoms with Crippen LogP contribution in [0.1, 0.15) is 0 Å². The lowest BCUT2D eigenvalue weighted by molar-refractivity contribution is 1.23. The van der Waals surface area contributed by atoms with Gasteiger partial charge < -0.3 is 0 Å². The minimum Gasteiger partial charge on any atom is -0.245 e. The van der Waals surface area contributed by atoms with Crippen LogP contribution in [-0.2, 0) is 0 Å². The minimum absolute atomic E-state index is 0.721. The van der Waals surface area contributed by atoms with Crippen molar-refractivity contribution in [2.45, 2.75) is 0 Å². The number of rotatable bonds is 5. The number of benzene rings is 9. The van der Waals surface area contributed by atoms with E-state index >= 15 is 0 Å². The van der Waals surface area contributed by atoms with Crippen LogP contribution in [0.2, 0.25) is 0 Å². The Balaban J connectivity index is 0.929. The summed E-state index contributed by atoms with van der Waals surface area (Å²) in [4.78, 5) is 20.7. The molecule has 0 unspecified atom stereocenters. The minimum atomic E-state index is 0.721. The fraction of sp³-hybridized carbons (Fsp3) is 0. The molecule has 0 aliphatic carbocycles. The van der Waals surface area contributed by atoms with Gasteiger partial charge in [0.25, 0.3) is 0 Å². The Morgan fingerprint density at radius 1 is 0.293 bits per heavy atom. The lowest BCUT2D eigenvalue weighted by Crippen LogP contribution is -1.95. The molecule has 3 heterocycles. The Bertz CT molecular complexity index is 3530. The van der Waals surface area contributed by atoms with E-state index in [4.69, 9.17) is 19.9 Å². The molecule has 268 valence electrons. The highest BCUT2D eigenvalue weighted by atomic mass is 14.9. The second-order valence-electron chi connectivity index (χ2n) is 15.0. The monoisotopic (exact) mass is 736 g/mol. The number of pyridine rings is 2. The van der Waals surface area contributed by atoms with Crippen LogP contribution in [0, 0.1) is 0 Å². The first kappa shape index (κ1) is 32.4.